The van der Waals surface area contributed by atoms with Crippen LogP contribution in [0.4, 0.5) is 0 Å². The topological polar surface area (TPSA) is 49.6 Å². The molecule has 1 atom stereocenters. The highest BCUT2D eigenvalue weighted by Crippen LogP contribution is 2.06. The van der Waals surface area contributed by atoms with Crippen LogP contribution in [0.2, 0.25) is 0 Å². The van der Waals surface area contributed by atoms with Crippen molar-refractivity contribution >= 4 is 5.91 Å². The number of hydrogen-bond donors (Lipinski definition) is 1. The first kappa shape index (κ1) is 9.48. The maximum Gasteiger partial charge on any atom is 0.240 e. The lowest BCUT2D eigenvalue weighted by Crippen LogP contribution is -2.47. The molecule has 0 aromatic heterocycles. The van der Waals surface area contributed by atoms with Crippen molar-refractivity contribution in [2.24, 2.45) is 5.73 Å². The first-order valence-corrected chi connectivity index (χ1v) is 4.32. The van der Waals surface area contributed by atoms with Gasteiger partial charge in [-0.05, 0) is 13.5 Å². The minimum Gasteiger partial charge on any atom is -0.344 e. The van der Waals surface area contributed by atoms with Crippen molar-refractivity contribution in [1.82, 2.24) is 9.80 Å². The lowest BCUT2D eigenvalue weighted by atomic mass is 10.2. The molecule has 0 aromatic carbocycles. The number of amides is 1. The van der Waals surface area contributed by atoms with E-state index in [2.05, 4.69) is 0 Å². The van der Waals surface area contributed by atoms with Crippen LogP contribution in [-0.2, 0) is 4.79 Å². The minimum absolute atomic E-state index is 0.113. The summed E-state index contributed by atoms with van der Waals surface area (Å²) in [6.07, 6.45) is 1.04. The van der Waals surface area contributed by atoms with Crippen molar-refractivity contribution in [3.8, 4) is 0 Å². The Labute approximate surface area is 73.3 Å². The highest BCUT2D eigenvalue weighted by Gasteiger charge is 2.26. The lowest BCUT2D eigenvalue weighted by molar-refractivity contribution is -0.133. The molecule has 2 N–H and O–H groups in total. The third-order valence-electron chi connectivity index (χ3n) is 2.42. The Morgan fingerprint density at radius 2 is 2.17 bits per heavy atom. The highest BCUT2D eigenvalue weighted by atomic mass is 16.2. The summed E-state index contributed by atoms with van der Waals surface area (Å²) < 4.78 is 0. The molecule has 4 nitrogen and oxygen atoms in total. The predicted octanol–water partition coefficient (Wildman–Crippen LogP) is -0.892. The third kappa shape index (κ3) is 1.76. The summed E-state index contributed by atoms with van der Waals surface area (Å²) >= 11 is 0. The molecular weight excluding hydrogens is 154 g/mol. The molecular formula is C8H17N3O. The Bertz CT molecular complexity index is 172. The number of nitrogens with two attached hydrogens (primary N) is 1. The standard InChI is InChI=1S/C8H17N3O/c1-10-4-3-5-11(2)8(12)7(10)6-9/h7H,3-6,9H2,1-2H3. The van der Waals surface area contributed by atoms with Gasteiger partial charge in [-0.25, -0.2) is 0 Å². The average Bonchev–Trinajstić information content (AvgIpc) is 2.14. The smallest absolute Gasteiger partial charge is 0.240 e. The van der Waals surface area contributed by atoms with Crippen molar-refractivity contribution in [3.05, 3.63) is 0 Å². The van der Waals surface area contributed by atoms with Crippen LogP contribution in [0.1, 0.15) is 6.42 Å². The quantitative estimate of drug-likeness (QED) is 0.556. The molecule has 0 radical (unpaired) electrons. The van der Waals surface area contributed by atoms with E-state index in [0.29, 0.717) is 6.54 Å². The van der Waals surface area contributed by atoms with Gasteiger partial charge in [0.25, 0.3) is 0 Å². The Kier molecular flexibility index (Phi) is 3.05. The Hall–Kier alpha value is -0.610. The second-order valence-corrected chi connectivity index (χ2v) is 3.35. The monoisotopic (exact) mass is 171 g/mol. The fourth-order valence-electron chi connectivity index (χ4n) is 1.55. The second-order valence-electron chi connectivity index (χ2n) is 3.35. The fourth-order valence-corrected chi connectivity index (χ4v) is 1.55. The summed E-state index contributed by atoms with van der Waals surface area (Å²) in [5.41, 5.74) is 5.53. The zero-order valence-electron chi connectivity index (χ0n) is 7.79. The van der Waals surface area contributed by atoms with E-state index < -0.39 is 0 Å². The normalized spacial score (nSPS) is 27.4. The molecule has 1 aliphatic heterocycles. The number of rotatable bonds is 1. The molecule has 1 amide bonds. The predicted molar refractivity (Wildman–Crippen MR) is 47.7 cm³/mol. The zero-order chi connectivity index (χ0) is 9.14. The molecule has 0 spiro atoms. The molecule has 1 saturated heterocycles. The second kappa shape index (κ2) is 3.87. The Morgan fingerprint density at radius 3 is 2.75 bits per heavy atom. The van der Waals surface area contributed by atoms with Crippen LogP contribution in [0.5, 0.6) is 0 Å². The van der Waals surface area contributed by atoms with Crippen LogP contribution in [0.25, 0.3) is 0 Å². The molecule has 1 heterocycles. The molecule has 0 aliphatic carbocycles. The summed E-state index contributed by atoms with van der Waals surface area (Å²) in [6.45, 7) is 2.22. The van der Waals surface area contributed by atoms with Crippen molar-refractivity contribution in [2.45, 2.75) is 12.5 Å². The van der Waals surface area contributed by atoms with E-state index in [4.69, 9.17) is 5.73 Å². The summed E-state index contributed by atoms with van der Waals surface area (Å²) in [6, 6.07) is -0.113. The summed E-state index contributed by atoms with van der Waals surface area (Å²) in [7, 11) is 3.79. The van der Waals surface area contributed by atoms with Crippen LogP contribution in [0, 0.1) is 0 Å². The van der Waals surface area contributed by atoms with Gasteiger partial charge in [0.05, 0.1) is 0 Å². The van der Waals surface area contributed by atoms with Crippen LogP contribution in [-0.4, -0.2) is 55.5 Å². The van der Waals surface area contributed by atoms with E-state index >= 15 is 0 Å². The van der Waals surface area contributed by atoms with Gasteiger partial charge in [0.2, 0.25) is 5.91 Å². The molecule has 0 bridgehead atoms. The molecule has 0 saturated carbocycles. The van der Waals surface area contributed by atoms with Gasteiger partial charge in [-0.3, -0.25) is 9.69 Å². The zero-order valence-corrected chi connectivity index (χ0v) is 7.79. The van der Waals surface area contributed by atoms with E-state index in [0.717, 1.165) is 19.5 Å². The van der Waals surface area contributed by atoms with E-state index in [1.54, 1.807) is 4.90 Å². The van der Waals surface area contributed by atoms with Gasteiger partial charge in [0.1, 0.15) is 6.04 Å². The molecule has 1 aliphatic rings. The van der Waals surface area contributed by atoms with Gasteiger partial charge >= 0.3 is 0 Å². The molecule has 1 unspecified atom stereocenters. The number of carbonyl (C=O) groups is 1. The lowest BCUT2D eigenvalue weighted by Gasteiger charge is -2.24. The van der Waals surface area contributed by atoms with E-state index in [-0.39, 0.29) is 11.9 Å². The highest BCUT2D eigenvalue weighted by molar-refractivity contribution is 5.82. The maximum absolute atomic E-state index is 11.6. The van der Waals surface area contributed by atoms with Gasteiger partial charge in [-0.2, -0.15) is 0 Å². The Morgan fingerprint density at radius 1 is 1.50 bits per heavy atom. The summed E-state index contributed by atoms with van der Waals surface area (Å²) in [5.74, 6) is 0.150. The van der Waals surface area contributed by atoms with Crippen LogP contribution in [0.15, 0.2) is 0 Å². The number of nitrogens with zero attached hydrogens (tertiary/aromatic N) is 2. The van der Waals surface area contributed by atoms with Crippen LogP contribution in [0.3, 0.4) is 0 Å². The molecule has 70 valence electrons. The summed E-state index contributed by atoms with van der Waals surface area (Å²) in [4.78, 5) is 15.4. The van der Waals surface area contributed by atoms with Crippen LogP contribution < -0.4 is 5.73 Å². The van der Waals surface area contributed by atoms with Gasteiger partial charge < -0.3 is 10.6 Å². The van der Waals surface area contributed by atoms with Gasteiger partial charge in [-0.1, -0.05) is 0 Å². The maximum atomic E-state index is 11.6. The SMILES string of the molecule is CN1CCCN(C)C(CN)C1=O. The molecule has 12 heavy (non-hydrogen) atoms. The van der Waals surface area contributed by atoms with E-state index in [1.165, 1.54) is 0 Å². The number of carbonyl (C=O) groups excluding carboxylic acids is 1. The first-order chi connectivity index (χ1) is 5.66. The van der Waals surface area contributed by atoms with Crippen molar-refractivity contribution in [1.29, 1.82) is 0 Å². The molecule has 1 rings (SSSR count). The van der Waals surface area contributed by atoms with E-state index in [1.807, 2.05) is 19.0 Å². The molecule has 0 aromatic rings. The molecule has 1 fully saturated rings. The largest absolute Gasteiger partial charge is 0.344 e. The average molecular weight is 171 g/mol. The minimum atomic E-state index is -0.113. The first-order valence-electron chi connectivity index (χ1n) is 4.32. The third-order valence-corrected chi connectivity index (χ3v) is 2.42. The number of likely N-dealkylation sites (N-methyl/N-ethyl adjacent to an activating group) is 2. The fraction of sp³-hybridized carbons (Fsp3) is 0.875. The van der Waals surface area contributed by atoms with Crippen molar-refractivity contribution in [2.75, 3.05) is 33.7 Å². The van der Waals surface area contributed by atoms with Gasteiger partial charge in [0, 0.05) is 26.7 Å². The van der Waals surface area contributed by atoms with E-state index in [9.17, 15) is 4.79 Å². The number of hydrogen-bond acceptors (Lipinski definition) is 3. The summed E-state index contributed by atoms with van der Waals surface area (Å²) in [5, 5.41) is 0. The van der Waals surface area contributed by atoms with Crippen molar-refractivity contribution in [3.63, 3.8) is 0 Å². The van der Waals surface area contributed by atoms with Crippen molar-refractivity contribution < 1.29 is 4.79 Å². The van der Waals surface area contributed by atoms with Crippen LogP contribution >= 0.6 is 0 Å². The Balaban J connectivity index is 2.70. The van der Waals surface area contributed by atoms with Gasteiger partial charge in [0.15, 0.2) is 0 Å². The van der Waals surface area contributed by atoms with Gasteiger partial charge in [-0.15, -0.1) is 0 Å². The molecule has 4 heteroatoms.